The van der Waals surface area contributed by atoms with Gasteiger partial charge in [-0.25, -0.2) is 0 Å². The second-order valence-electron chi connectivity index (χ2n) is 6.36. The van der Waals surface area contributed by atoms with Crippen molar-refractivity contribution in [3.8, 4) is 0 Å². The molecule has 0 aromatic carbocycles. The maximum Gasteiger partial charge on any atom is 0.0454 e. The van der Waals surface area contributed by atoms with Crippen LogP contribution in [0.15, 0.2) is 17.5 Å². The number of rotatable bonds is 4. The van der Waals surface area contributed by atoms with Gasteiger partial charge in [-0.15, -0.1) is 22.7 Å². The minimum atomic E-state index is 0.569. The molecule has 1 N–H and O–H groups in total. The predicted molar refractivity (Wildman–Crippen MR) is 91.8 cm³/mol. The van der Waals surface area contributed by atoms with E-state index in [2.05, 4.69) is 43.6 Å². The molecule has 0 amide bonds. The van der Waals surface area contributed by atoms with E-state index in [4.69, 9.17) is 0 Å². The van der Waals surface area contributed by atoms with Crippen LogP contribution < -0.4 is 5.32 Å². The van der Waals surface area contributed by atoms with Gasteiger partial charge >= 0.3 is 0 Å². The molecule has 0 bridgehead atoms. The number of nitrogens with one attached hydrogen (secondary N) is 1. The lowest BCUT2D eigenvalue weighted by Crippen LogP contribution is -2.32. The normalized spacial score (nSPS) is 28.9. The van der Waals surface area contributed by atoms with Crippen molar-refractivity contribution in [2.24, 2.45) is 17.8 Å². The fourth-order valence-corrected chi connectivity index (χ4v) is 5.84. The molecular weight excluding hydrogens is 282 g/mol. The molecule has 0 radical (unpaired) electrons. The Hall–Kier alpha value is -0.380. The quantitative estimate of drug-likeness (QED) is 0.765. The second-order valence-corrected chi connectivity index (χ2v) is 8.42. The zero-order valence-corrected chi connectivity index (χ0v) is 14.3. The first-order valence-electron chi connectivity index (χ1n) is 7.89. The van der Waals surface area contributed by atoms with Crippen molar-refractivity contribution >= 4 is 32.1 Å². The molecule has 20 heavy (non-hydrogen) atoms. The summed E-state index contributed by atoms with van der Waals surface area (Å²) in [5.41, 5.74) is 0. The van der Waals surface area contributed by atoms with Crippen LogP contribution in [0.25, 0.3) is 9.40 Å². The van der Waals surface area contributed by atoms with E-state index in [1.165, 1.54) is 28.7 Å². The molecule has 110 valence electrons. The number of fused-ring (bicyclic) bond motifs is 1. The monoisotopic (exact) mass is 307 g/mol. The first-order valence-corrected chi connectivity index (χ1v) is 9.59. The zero-order valence-electron chi connectivity index (χ0n) is 12.7. The van der Waals surface area contributed by atoms with Gasteiger partial charge in [0.05, 0.1) is 0 Å². The molecule has 1 nitrogen and oxygen atoms in total. The molecule has 1 aliphatic carbocycles. The Morgan fingerprint density at radius 1 is 1.25 bits per heavy atom. The Kier molecular flexibility index (Phi) is 4.49. The third-order valence-electron chi connectivity index (χ3n) is 5.00. The van der Waals surface area contributed by atoms with Gasteiger partial charge < -0.3 is 5.32 Å². The molecule has 3 rings (SSSR count). The first kappa shape index (κ1) is 14.6. The Morgan fingerprint density at radius 3 is 2.80 bits per heavy atom. The summed E-state index contributed by atoms with van der Waals surface area (Å²) in [5, 5.41) is 5.98. The molecular formula is C17H25NS2. The molecule has 2 aromatic heterocycles. The van der Waals surface area contributed by atoms with E-state index in [0.717, 1.165) is 24.3 Å². The van der Waals surface area contributed by atoms with Gasteiger partial charge in [-0.1, -0.05) is 27.2 Å². The summed E-state index contributed by atoms with van der Waals surface area (Å²) in [6, 6.07) is 5.27. The van der Waals surface area contributed by atoms with Gasteiger partial charge in [0.2, 0.25) is 0 Å². The summed E-state index contributed by atoms with van der Waals surface area (Å²) in [5.74, 6) is 2.59. The van der Waals surface area contributed by atoms with Crippen LogP contribution in [0.3, 0.4) is 0 Å². The maximum absolute atomic E-state index is 3.77. The average molecular weight is 308 g/mol. The molecule has 4 unspecified atom stereocenters. The van der Waals surface area contributed by atoms with Gasteiger partial charge in [-0.3, -0.25) is 0 Å². The highest BCUT2D eigenvalue weighted by molar-refractivity contribution is 7.26. The highest BCUT2D eigenvalue weighted by Gasteiger charge is 2.31. The Labute approximate surface area is 130 Å². The Morgan fingerprint density at radius 2 is 2.10 bits per heavy atom. The van der Waals surface area contributed by atoms with E-state index in [9.17, 15) is 0 Å². The lowest BCUT2D eigenvalue weighted by molar-refractivity contribution is 0.173. The van der Waals surface area contributed by atoms with Gasteiger partial charge in [0, 0.05) is 20.3 Å². The van der Waals surface area contributed by atoms with Crippen LogP contribution in [0.1, 0.15) is 51.0 Å². The largest absolute Gasteiger partial charge is 0.309 e. The van der Waals surface area contributed by atoms with Gasteiger partial charge in [0.1, 0.15) is 0 Å². The molecule has 0 saturated heterocycles. The van der Waals surface area contributed by atoms with Gasteiger partial charge in [-0.05, 0) is 54.7 Å². The molecule has 0 spiro atoms. The summed E-state index contributed by atoms with van der Waals surface area (Å²) in [4.78, 5) is 1.56. The summed E-state index contributed by atoms with van der Waals surface area (Å²) in [6.07, 6.45) is 4.16. The van der Waals surface area contributed by atoms with E-state index in [-0.39, 0.29) is 0 Å². The van der Waals surface area contributed by atoms with Crippen molar-refractivity contribution in [3.63, 3.8) is 0 Å². The van der Waals surface area contributed by atoms with E-state index in [1.807, 2.05) is 22.7 Å². The number of hydrogen-bond acceptors (Lipinski definition) is 3. The predicted octanol–water partition coefficient (Wildman–Crippen LogP) is 5.69. The molecule has 1 saturated carbocycles. The summed E-state index contributed by atoms with van der Waals surface area (Å²) in [7, 11) is 0. The van der Waals surface area contributed by atoms with Crippen LogP contribution in [-0.4, -0.2) is 6.54 Å². The molecule has 0 aliphatic heterocycles. The Bertz CT molecular complexity index is 528. The fraction of sp³-hybridized carbons (Fsp3) is 0.647. The lowest BCUT2D eigenvalue weighted by Gasteiger charge is -2.36. The number of hydrogen-bond donors (Lipinski definition) is 1. The van der Waals surface area contributed by atoms with E-state index in [0.29, 0.717) is 6.04 Å². The average Bonchev–Trinajstić information content (AvgIpc) is 3.00. The maximum atomic E-state index is 3.77. The Balaban J connectivity index is 1.83. The summed E-state index contributed by atoms with van der Waals surface area (Å²) < 4.78 is 2.93. The highest BCUT2D eigenvalue weighted by Crippen LogP contribution is 2.43. The van der Waals surface area contributed by atoms with E-state index < -0.39 is 0 Å². The molecule has 2 heterocycles. The van der Waals surface area contributed by atoms with Crippen LogP contribution in [0.5, 0.6) is 0 Å². The molecule has 3 heteroatoms. The highest BCUT2D eigenvalue weighted by atomic mass is 32.1. The van der Waals surface area contributed by atoms with Crippen molar-refractivity contribution in [2.75, 3.05) is 6.54 Å². The van der Waals surface area contributed by atoms with Crippen molar-refractivity contribution in [1.82, 2.24) is 5.32 Å². The van der Waals surface area contributed by atoms with Crippen LogP contribution >= 0.6 is 22.7 Å². The van der Waals surface area contributed by atoms with Gasteiger partial charge in [0.15, 0.2) is 0 Å². The topological polar surface area (TPSA) is 12.0 Å². The molecule has 2 aromatic rings. The fourth-order valence-electron chi connectivity index (χ4n) is 3.55. The third-order valence-corrected chi connectivity index (χ3v) is 7.18. The minimum absolute atomic E-state index is 0.569. The van der Waals surface area contributed by atoms with Crippen molar-refractivity contribution < 1.29 is 0 Å². The first-order chi connectivity index (χ1) is 9.69. The van der Waals surface area contributed by atoms with Crippen molar-refractivity contribution in [1.29, 1.82) is 0 Å². The van der Waals surface area contributed by atoms with Crippen molar-refractivity contribution in [3.05, 3.63) is 22.4 Å². The van der Waals surface area contributed by atoms with E-state index >= 15 is 0 Å². The van der Waals surface area contributed by atoms with Crippen LogP contribution in [0.4, 0.5) is 0 Å². The SMILES string of the molecule is CCNC(c1cc2sccc2s1)C1CCC(C)C(C)C1. The third kappa shape index (κ3) is 2.81. The smallest absolute Gasteiger partial charge is 0.0454 e. The second kappa shape index (κ2) is 6.17. The van der Waals surface area contributed by atoms with Crippen LogP contribution in [0, 0.1) is 17.8 Å². The van der Waals surface area contributed by atoms with E-state index in [1.54, 1.807) is 4.88 Å². The zero-order chi connectivity index (χ0) is 14.1. The summed E-state index contributed by atoms with van der Waals surface area (Å²) >= 11 is 3.87. The summed E-state index contributed by atoms with van der Waals surface area (Å²) in [6.45, 7) is 8.16. The minimum Gasteiger partial charge on any atom is -0.309 e. The van der Waals surface area contributed by atoms with Gasteiger partial charge in [-0.2, -0.15) is 0 Å². The lowest BCUT2D eigenvalue weighted by atomic mass is 9.73. The van der Waals surface area contributed by atoms with Crippen LogP contribution in [-0.2, 0) is 0 Å². The number of thiophene rings is 2. The molecule has 1 aliphatic rings. The molecule has 1 fully saturated rings. The van der Waals surface area contributed by atoms with Gasteiger partial charge in [0.25, 0.3) is 0 Å². The standard InChI is InChI=1S/C17H25NS2/c1-4-18-17(13-6-5-11(2)12(3)9-13)16-10-15-14(20-16)7-8-19-15/h7-8,10-13,17-18H,4-6,9H2,1-3H3. The molecule has 4 atom stereocenters. The van der Waals surface area contributed by atoms with Crippen LogP contribution in [0.2, 0.25) is 0 Å². The van der Waals surface area contributed by atoms with Crippen molar-refractivity contribution in [2.45, 2.75) is 46.1 Å².